The van der Waals surface area contributed by atoms with Crippen LogP contribution < -0.4 is 10.6 Å². The third-order valence-corrected chi connectivity index (χ3v) is 5.39. The number of hydrogen-bond acceptors (Lipinski definition) is 3. The van der Waals surface area contributed by atoms with Crippen molar-refractivity contribution in [3.05, 3.63) is 65.2 Å². The van der Waals surface area contributed by atoms with Crippen LogP contribution in [-0.2, 0) is 33.6 Å². The van der Waals surface area contributed by atoms with Gasteiger partial charge in [-0.25, -0.2) is 0 Å². The third kappa shape index (κ3) is 6.81. The summed E-state index contributed by atoms with van der Waals surface area (Å²) in [5.41, 5.74) is 1.11. The number of carbonyl (C=O) groups excluding carboxylic acids is 3. The molecule has 3 amide bonds. The maximum Gasteiger partial charge on any atom is 0.416 e. The number of nitrogens with zero attached hydrogens (tertiary/aromatic N) is 1. The monoisotopic (exact) mass is 461 g/mol. The van der Waals surface area contributed by atoms with Crippen molar-refractivity contribution in [3.63, 3.8) is 0 Å². The Morgan fingerprint density at radius 2 is 1.82 bits per heavy atom. The second kappa shape index (κ2) is 10.5. The van der Waals surface area contributed by atoms with Gasteiger partial charge in [-0.2, -0.15) is 13.2 Å². The van der Waals surface area contributed by atoms with E-state index in [0.717, 1.165) is 24.1 Å². The van der Waals surface area contributed by atoms with Crippen molar-refractivity contribution in [3.8, 4) is 0 Å². The molecule has 9 heteroatoms. The van der Waals surface area contributed by atoms with Gasteiger partial charge in [-0.15, -0.1) is 0 Å². The molecule has 2 N–H and O–H groups in total. The molecule has 3 rings (SSSR count). The minimum atomic E-state index is -4.45. The lowest BCUT2D eigenvalue weighted by atomic mass is 10.1. The predicted octanol–water partition coefficient (Wildman–Crippen LogP) is 4.11. The minimum Gasteiger partial charge on any atom is -0.352 e. The number of hydrogen-bond donors (Lipinski definition) is 2. The first kappa shape index (κ1) is 24.3. The predicted molar refractivity (Wildman–Crippen MR) is 117 cm³/mol. The highest BCUT2D eigenvalue weighted by Gasteiger charge is 2.35. The number of likely N-dealkylation sites (tertiary alicyclic amines) is 1. The van der Waals surface area contributed by atoms with E-state index in [1.54, 1.807) is 24.3 Å². The molecule has 2 aromatic rings. The van der Waals surface area contributed by atoms with Gasteiger partial charge in [0.15, 0.2) is 0 Å². The molecule has 33 heavy (non-hydrogen) atoms. The molecule has 0 aliphatic carbocycles. The molecule has 0 spiro atoms. The molecular weight excluding hydrogens is 435 g/mol. The molecule has 0 aromatic heterocycles. The van der Waals surface area contributed by atoms with Crippen LogP contribution in [0.25, 0.3) is 0 Å². The average Bonchev–Trinajstić information content (AvgIpc) is 3.13. The van der Waals surface area contributed by atoms with Crippen molar-refractivity contribution in [2.75, 3.05) is 11.9 Å². The first-order chi connectivity index (χ1) is 15.7. The molecule has 1 saturated heterocycles. The van der Waals surface area contributed by atoms with E-state index in [4.69, 9.17) is 0 Å². The molecule has 0 saturated carbocycles. The minimum absolute atomic E-state index is 0.0210. The van der Waals surface area contributed by atoms with Gasteiger partial charge in [-0.05, 0) is 41.8 Å². The zero-order valence-corrected chi connectivity index (χ0v) is 18.2. The van der Waals surface area contributed by atoms with Crippen molar-refractivity contribution in [1.29, 1.82) is 0 Å². The molecule has 1 fully saturated rings. The van der Waals surface area contributed by atoms with Crippen LogP contribution in [0.1, 0.15) is 42.9 Å². The van der Waals surface area contributed by atoms with Crippen LogP contribution in [0.15, 0.2) is 48.5 Å². The molecule has 0 bridgehead atoms. The topological polar surface area (TPSA) is 78.5 Å². The molecule has 176 valence electrons. The standard InChI is InChI=1S/C24H26F3N3O3/c1-2-4-21(31)29-20-9-7-16(8-10-20)13-28-23(33)18-12-22(32)30(15-18)14-17-5-3-6-19(11-17)24(25,26)27/h3,5-11,18H,2,4,12-15H2,1H3,(H,28,33)(H,29,31). The van der Waals surface area contributed by atoms with Crippen LogP contribution in [0.5, 0.6) is 0 Å². The summed E-state index contributed by atoms with van der Waals surface area (Å²) in [6, 6.07) is 11.9. The van der Waals surface area contributed by atoms with Crippen molar-refractivity contribution in [2.45, 2.75) is 45.5 Å². The molecule has 1 heterocycles. The molecular formula is C24H26F3N3O3. The van der Waals surface area contributed by atoms with E-state index in [1.165, 1.54) is 17.0 Å². The molecule has 2 aromatic carbocycles. The quantitative estimate of drug-likeness (QED) is 0.621. The molecule has 1 atom stereocenters. The molecule has 1 unspecified atom stereocenters. The number of amides is 3. The Morgan fingerprint density at radius 3 is 2.48 bits per heavy atom. The van der Waals surface area contributed by atoms with E-state index in [-0.39, 0.29) is 43.8 Å². The summed E-state index contributed by atoms with van der Waals surface area (Å²) in [6.07, 6.45) is -3.22. The van der Waals surface area contributed by atoms with E-state index in [0.29, 0.717) is 17.7 Å². The Bertz CT molecular complexity index is 1010. The molecule has 0 radical (unpaired) electrons. The van der Waals surface area contributed by atoms with Gasteiger partial charge in [0.05, 0.1) is 11.5 Å². The van der Waals surface area contributed by atoms with Gasteiger partial charge >= 0.3 is 6.18 Å². The number of nitrogens with one attached hydrogen (secondary N) is 2. The van der Waals surface area contributed by atoms with E-state index in [1.807, 2.05) is 6.92 Å². The van der Waals surface area contributed by atoms with Gasteiger partial charge in [0.25, 0.3) is 0 Å². The largest absolute Gasteiger partial charge is 0.416 e. The zero-order valence-electron chi connectivity index (χ0n) is 18.2. The number of benzene rings is 2. The lowest BCUT2D eigenvalue weighted by molar-refractivity contribution is -0.137. The summed E-state index contributed by atoms with van der Waals surface area (Å²) < 4.78 is 38.7. The van der Waals surface area contributed by atoms with Gasteiger partial charge < -0.3 is 15.5 Å². The number of carbonyl (C=O) groups is 3. The molecule has 1 aliphatic heterocycles. The first-order valence-corrected chi connectivity index (χ1v) is 10.8. The van der Waals surface area contributed by atoms with Gasteiger partial charge in [-0.3, -0.25) is 14.4 Å². The van der Waals surface area contributed by atoms with Gasteiger partial charge in [0, 0.05) is 38.2 Å². The Kier molecular flexibility index (Phi) is 7.73. The van der Waals surface area contributed by atoms with Crippen molar-refractivity contribution in [2.24, 2.45) is 5.92 Å². The van der Waals surface area contributed by atoms with Gasteiger partial charge in [-0.1, -0.05) is 31.2 Å². The number of halogens is 3. The van der Waals surface area contributed by atoms with Crippen LogP contribution in [0.2, 0.25) is 0 Å². The van der Waals surface area contributed by atoms with Crippen LogP contribution in [0, 0.1) is 5.92 Å². The van der Waals surface area contributed by atoms with Crippen LogP contribution >= 0.6 is 0 Å². The van der Waals surface area contributed by atoms with Crippen LogP contribution in [0.3, 0.4) is 0 Å². The SMILES string of the molecule is CCCC(=O)Nc1ccc(CNC(=O)C2CC(=O)N(Cc3cccc(C(F)(F)F)c3)C2)cc1. The lowest BCUT2D eigenvalue weighted by Gasteiger charge is -2.18. The van der Waals surface area contributed by atoms with E-state index < -0.39 is 17.7 Å². The van der Waals surface area contributed by atoms with Crippen molar-refractivity contribution >= 4 is 23.4 Å². The average molecular weight is 461 g/mol. The summed E-state index contributed by atoms with van der Waals surface area (Å²) in [5.74, 6) is -1.16. The lowest BCUT2D eigenvalue weighted by Crippen LogP contribution is -2.32. The Labute approximate surface area is 190 Å². The van der Waals surface area contributed by atoms with Crippen molar-refractivity contribution in [1.82, 2.24) is 10.2 Å². The maximum atomic E-state index is 12.9. The second-order valence-corrected chi connectivity index (χ2v) is 8.09. The van der Waals surface area contributed by atoms with Crippen molar-refractivity contribution < 1.29 is 27.6 Å². The van der Waals surface area contributed by atoms with Crippen LogP contribution in [0.4, 0.5) is 18.9 Å². The van der Waals surface area contributed by atoms with Gasteiger partial charge in [0.1, 0.15) is 0 Å². The smallest absolute Gasteiger partial charge is 0.352 e. The Morgan fingerprint density at radius 1 is 1.09 bits per heavy atom. The summed E-state index contributed by atoms with van der Waals surface area (Å²) >= 11 is 0. The van der Waals surface area contributed by atoms with E-state index >= 15 is 0 Å². The number of alkyl halides is 3. The third-order valence-electron chi connectivity index (χ3n) is 5.39. The number of rotatable bonds is 8. The normalized spacial score (nSPS) is 16.1. The first-order valence-electron chi connectivity index (χ1n) is 10.8. The molecule has 6 nitrogen and oxygen atoms in total. The maximum absolute atomic E-state index is 12.9. The van der Waals surface area contributed by atoms with E-state index in [2.05, 4.69) is 10.6 Å². The summed E-state index contributed by atoms with van der Waals surface area (Å²) in [5, 5.41) is 5.59. The highest BCUT2D eigenvalue weighted by atomic mass is 19.4. The van der Waals surface area contributed by atoms with Gasteiger partial charge in [0.2, 0.25) is 17.7 Å². The fourth-order valence-electron chi connectivity index (χ4n) is 3.66. The van der Waals surface area contributed by atoms with Crippen LogP contribution in [-0.4, -0.2) is 29.2 Å². The Hall–Kier alpha value is -3.36. The summed E-state index contributed by atoms with van der Waals surface area (Å²) in [6.45, 7) is 2.37. The second-order valence-electron chi connectivity index (χ2n) is 8.09. The summed E-state index contributed by atoms with van der Waals surface area (Å²) in [7, 11) is 0. The highest BCUT2D eigenvalue weighted by molar-refractivity contribution is 5.90. The van der Waals surface area contributed by atoms with E-state index in [9.17, 15) is 27.6 Å². The fraction of sp³-hybridized carbons (Fsp3) is 0.375. The zero-order chi connectivity index (χ0) is 24.0. The number of anilines is 1. The summed E-state index contributed by atoms with van der Waals surface area (Å²) in [4.78, 5) is 37.9. The molecule has 1 aliphatic rings. The fourth-order valence-corrected chi connectivity index (χ4v) is 3.66. The Balaban J connectivity index is 1.51. The highest BCUT2D eigenvalue weighted by Crippen LogP contribution is 2.30.